The van der Waals surface area contributed by atoms with E-state index in [0.717, 1.165) is 0 Å². The molecule has 1 aromatic heterocycles. The summed E-state index contributed by atoms with van der Waals surface area (Å²) in [6.07, 6.45) is -2.22. The standard InChI is InChI=1S/C32H26O10/c1-39-18-7-3-15(4-8-18)30-32(40-2)27(19-9-6-17(33)12-26(19)41-30)28-24(37)14-22(35)20-13-25(38)29(42-31(20)28)16-5-10-21(34)23(36)11-16/h3-12,14,25,29,38H,13H2,1-2H3,(H4-,33,34,35,36,37)/p+1/t25-,29+/m0/s1. The molecule has 2 atom stereocenters. The Morgan fingerprint density at radius 2 is 1.52 bits per heavy atom. The van der Waals surface area contributed by atoms with Gasteiger partial charge in [-0.05, 0) is 54.1 Å². The Labute approximate surface area is 239 Å². The highest BCUT2D eigenvalue weighted by atomic mass is 16.5. The Balaban J connectivity index is 1.64. The summed E-state index contributed by atoms with van der Waals surface area (Å²) in [6, 6.07) is 16.8. The molecule has 6 rings (SSSR count). The van der Waals surface area contributed by atoms with Gasteiger partial charge in [0.2, 0.25) is 5.75 Å². The van der Waals surface area contributed by atoms with Crippen molar-refractivity contribution in [2.75, 3.05) is 14.2 Å². The van der Waals surface area contributed by atoms with Gasteiger partial charge in [-0.15, -0.1) is 0 Å². The zero-order valence-electron chi connectivity index (χ0n) is 22.5. The van der Waals surface area contributed by atoms with Crippen LogP contribution in [0.15, 0.2) is 71.1 Å². The average Bonchev–Trinajstić information content (AvgIpc) is 2.98. The first kappa shape index (κ1) is 26.9. The van der Waals surface area contributed by atoms with Gasteiger partial charge in [0.05, 0.1) is 48.5 Å². The molecule has 214 valence electrons. The van der Waals surface area contributed by atoms with Gasteiger partial charge in [-0.3, -0.25) is 0 Å². The second kappa shape index (κ2) is 10.2. The third kappa shape index (κ3) is 4.38. The molecule has 1 aliphatic rings. The maximum absolute atomic E-state index is 11.3. The van der Waals surface area contributed by atoms with Crippen LogP contribution in [-0.4, -0.2) is 51.0 Å². The minimum Gasteiger partial charge on any atom is -0.508 e. The number of aliphatic hydroxyl groups excluding tert-OH is 1. The Kier molecular flexibility index (Phi) is 6.55. The normalized spacial score (nSPS) is 16.1. The number of hydrogen-bond donors (Lipinski definition) is 6. The second-order valence-corrected chi connectivity index (χ2v) is 9.90. The van der Waals surface area contributed by atoms with Crippen LogP contribution >= 0.6 is 0 Å². The van der Waals surface area contributed by atoms with Gasteiger partial charge in [0.15, 0.2) is 11.5 Å². The molecule has 2 heterocycles. The third-order valence-electron chi connectivity index (χ3n) is 7.36. The van der Waals surface area contributed by atoms with Crippen molar-refractivity contribution in [2.24, 2.45) is 0 Å². The van der Waals surface area contributed by atoms with Crippen LogP contribution in [0.25, 0.3) is 33.4 Å². The fourth-order valence-electron chi connectivity index (χ4n) is 5.34. The van der Waals surface area contributed by atoms with E-state index in [1.165, 1.54) is 43.5 Å². The Morgan fingerprint density at radius 3 is 2.21 bits per heavy atom. The van der Waals surface area contributed by atoms with E-state index in [9.17, 15) is 30.6 Å². The second-order valence-electron chi connectivity index (χ2n) is 9.90. The van der Waals surface area contributed by atoms with Gasteiger partial charge in [-0.2, -0.15) is 0 Å². The van der Waals surface area contributed by atoms with E-state index in [0.29, 0.717) is 27.8 Å². The largest absolute Gasteiger partial charge is 0.508 e. The predicted octanol–water partition coefficient (Wildman–Crippen LogP) is 5.63. The van der Waals surface area contributed by atoms with Gasteiger partial charge in [-0.1, -0.05) is 6.07 Å². The molecular formula is C32H27O10+. The summed E-state index contributed by atoms with van der Waals surface area (Å²) in [4.78, 5) is 0. The molecule has 0 saturated heterocycles. The number of phenolic OH excluding ortho intramolecular Hbond substituents is 5. The van der Waals surface area contributed by atoms with Crippen LogP contribution < -0.4 is 14.2 Å². The highest BCUT2D eigenvalue weighted by Gasteiger charge is 2.38. The lowest BCUT2D eigenvalue weighted by Gasteiger charge is -2.33. The molecule has 0 amide bonds. The first-order valence-electron chi connectivity index (χ1n) is 13.0. The molecule has 42 heavy (non-hydrogen) atoms. The number of methoxy groups -OCH3 is 2. The first-order valence-corrected chi connectivity index (χ1v) is 13.0. The van der Waals surface area contributed by atoms with Gasteiger partial charge >= 0.3 is 11.3 Å². The quantitative estimate of drug-likeness (QED) is 0.115. The smallest absolute Gasteiger partial charge is 0.402 e. The highest BCUT2D eigenvalue weighted by Crippen LogP contribution is 2.55. The van der Waals surface area contributed by atoms with Gasteiger partial charge in [-0.25, -0.2) is 4.42 Å². The van der Waals surface area contributed by atoms with E-state index >= 15 is 0 Å². The summed E-state index contributed by atoms with van der Waals surface area (Å²) in [7, 11) is 3.00. The molecule has 0 saturated carbocycles. The van der Waals surface area contributed by atoms with Gasteiger partial charge < -0.3 is 44.8 Å². The molecule has 0 unspecified atom stereocenters. The molecule has 0 bridgehead atoms. The van der Waals surface area contributed by atoms with Crippen LogP contribution in [0.3, 0.4) is 0 Å². The molecule has 0 spiro atoms. The van der Waals surface area contributed by atoms with Crippen molar-refractivity contribution in [3.05, 3.63) is 77.9 Å². The lowest BCUT2D eigenvalue weighted by Crippen LogP contribution is -2.30. The monoisotopic (exact) mass is 571 g/mol. The van der Waals surface area contributed by atoms with Crippen LogP contribution in [0.4, 0.5) is 0 Å². The molecular weight excluding hydrogens is 544 g/mol. The van der Waals surface area contributed by atoms with E-state index in [1.807, 2.05) is 0 Å². The number of aromatic hydroxyl groups is 5. The maximum atomic E-state index is 11.3. The van der Waals surface area contributed by atoms with E-state index in [2.05, 4.69) is 0 Å². The molecule has 5 aromatic rings. The minimum atomic E-state index is -1.14. The zero-order valence-corrected chi connectivity index (χ0v) is 22.5. The number of benzene rings is 4. The fourth-order valence-corrected chi connectivity index (χ4v) is 5.34. The van der Waals surface area contributed by atoms with Gasteiger partial charge in [0, 0.05) is 18.1 Å². The maximum Gasteiger partial charge on any atom is 0.402 e. The average molecular weight is 572 g/mol. The molecule has 4 aromatic carbocycles. The summed E-state index contributed by atoms with van der Waals surface area (Å²) < 4.78 is 23.7. The van der Waals surface area contributed by atoms with Crippen molar-refractivity contribution in [1.82, 2.24) is 0 Å². The molecule has 0 radical (unpaired) electrons. The van der Waals surface area contributed by atoms with Crippen molar-refractivity contribution in [2.45, 2.75) is 18.6 Å². The van der Waals surface area contributed by atoms with Gasteiger partial charge in [0.25, 0.3) is 0 Å². The molecule has 0 aliphatic carbocycles. The summed E-state index contributed by atoms with van der Waals surface area (Å²) in [5.41, 5.74) is 1.99. The fraction of sp³-hybridized carbons (Fsp3) is 0.156. The van der Waals surface area contributed by atoms with Crippen LogP contribution in [0.1, 0.15) is 17.2 Å². The Morgan fingerprint density at radius 1 is 0.762 bits per heavy atom. The van der Waals surface area contributed by atoms with Crippen molar-refractivity contribution in [1.29, 1.82) is 0 Å². The third-order valence-corrected chi connectivity index (χ3v) is 7.36. The Hall–Kier alpha value is -5.35. The number of aliphatic hydroxyl groups is 1. The van der Waals surface area contributed by atoms with Crippen LogP contribution in [0.2, 0.25) is 0 Å². The summed E-state index contributed by atoms with van der Waals surface area (Å²) in [5.74, 6) is -0.182. The van der Waals surface area contributed by atoms with E-state index < -0.39 is 18.0 Å². The minimum absolute atomic E-state index is 0.0495. The van der Waals surface area contributed by atoms with Crippen LogP contribution in [0, 0.1) is 0 Å². The molecule has 6 N–H and O–H groups in total. The lowest BCUT2D eigenvalue weighted by molar-refractivity contribution is 0.0201. The van der Waals surface area contributed by atoms with Crippen molar-refractivity contribution < 1.29 is 49.3 Å². The number of fused-ring (bicyclic) bond motifs is 2. The SMILES string of the molecule is COc1ccc(-c2[o+]c3cc(O)ccc3c(-c3c(O)cc(O)c4c3O[C@H](c3ccc(O)c(O)c3)[C@@H](O)C4)c2OC)cc1. The molecule has 1 aliphatic heterocycles. The van der Waals surface area contributed by atoms with E-state index in [-0.39, 0.29) is 63.4 Å². The topological polar surface area (TPSA) is 160 Å². The van der Waals surface area contributed by atoms with Crippen LogP contribution in [-0.2, 0) is 6.42 Å². The van der Waals surface area contributed by atoms with E-state index in [4.69, 9.17) is 18.6 Å². The van der Waals surface area contributed by atoms with Gasteiger partial charge in [0.1, 0.15) is 34.9 Å². The van der Waals surface area contributed by atoms with Crippen molar-refractivity contribution in [3.8, 4) is 68.4 Å². The Bertz CT molecular complexity index is 1830. The number of ether oxygens (including phenoxy) is 3. The highest BCUT2D eigenvalue weighted by molar-refractivity contribution is 6.03. The van der Waals surface area contributed by atoms with Crippen LogP contribution in [0.5, 0.6) is 46.0 Å². The lowest BCUT2D eigenvalue weighted by atomic mass is 9.88. The number of phenols is 5. The summed E-state index contributed by atoms with van der Waals surface area (Å²) in [6.45, 7) is 0. The number of rotatable bonds is 5. The van der Waals surface area contributed by atoms with E-state index in [1.54, 1.807) is 37.4 Å². The zero-order chi connectivity index (χ0) is 29.7. The molecule has 0 fully saturated rings. The summed E-state index contributed by atoms with van der Waals surface area (Å²) in [5, 5.41) is 63.8. The first-order chi connectivity index (χ1) is 20.2. The number of hydrogen-bond acceptors (Lipinski definition) is 9. The van der Waals surface area contributed by atoms with Crippen molar-refractivity contribution in [3.63, 3.8) is 0 Å². The van der Waals surface area contributed by atoms with Crippen molar-refractivity contribution >= 4 is 11.0 Å². The summed E-state index contributed by atoms with van der Waals surface area (Å²) >= 11 is 0. The predicted molar refractivity (Wildman–Crippen MR) is 152 cm³/mol. The molecule has 10 heteroatoms. The molecule has 10 nitrogen and oxygen atoms in total.